The van der Waals surface area contributed by atoms with E-state index in [-0.39, 0.29) is 22.5 Å². The predicted octanol–water partition coefficient (Wildman–Crippen LogP) is 3.12. The molecule has 1 N–H and O–H groups in total. The van der Waals surface area contributed by atoms with Crippen molar-refractivity contribution in [3.63, 3.8) is 0 Å². The average molecular weight is 287 g/mol. The summed E-state index contributed by atoms with van der Waals surface area (Å²) < 4.78 is 0. The van der Waals surface area contributed by atoms with Gasteiger partial charge in [0.15, 0.2) is 0 Å². The fourth-order valence-electron chi connectivity index (χ4n) is 1.12. The number of nitrogens with zero attached hydrogens (tertiary/aromatic N) is 3. The minimum Gasteiger partial charge on any atom is -0.271 e. The third kappa shape index (κ3) is 3.88. The topological polar surface area (TPSA) is 111 Å². The summed E-state index contributed by atoms with van der Waals surface area (Å²) in [6.45, 7) is 3.61. The van der Waals surface area contributed by atoms with Crippen LogP contribution in [0.25, 0.3) is 0 Å². The third-order valence-corrected chi connectivity index (χ3v) is 2.67. The molecule has 1 rings (SSSR count). The van der Waals surface area contributed by atoms with Gasteiger partial charge in [0.1, 0.15) is 10.9 Å². The van der Waals surface area contributed by atoms with Crippen molar-refractivity contribution in [2.75, 3.05) is 5.43 Å². The molecule has 1 aromatic rings. The van der Waals surface area contributed by atoms with E-state index in [2.05, 4.69) is 10.5 Å². The number of hydrazone groups is 1. The number of rotatable bonds is 5. The Labute approximate surface area is 113 Å². The van der Waals surface area contributed by atoms with Crippen molar-refractivity contribution in [3.05, 3.63) is 38.4 Å². The zero-order chi connectivity index (χ0) is 14.6. The first-order valence-electron chi connectivity index (χ1n) is 5.25. The van der Waals surface area contributed by atoms with Gasteiger partial charge in [0.2, 0.25) is 0 Å². The van der Waals surface area contributed by atoms with Gasteiger partial charge < -0.3 is 0 Å². The van der Waals surface area contributed by atoms with Crippen LogP contribution in [0.4, 0.5) is 17.1 Å². The predicted molar refractivity (Wildman–Crippen MR) is 71.5 cm³/mol. The molecule has 0 aliphatic heterocycles. The van der Waals surface area contributed by atoms with Crippen LogP contribution in [0.15, 0.2) is 23.3 Å². The van der Waals surface area contributed by atoms with Gasteiger partial charge in [0.25, 0.3) is 5.69 Å². The Bertz CT molecular complexity index is 544. The molecule has 0 aliphatic rings. The van der Waals surface area contributed by atoms with Crippen LogP contribution in [0.5, 0.6) is 0 Å². The molecule has 0 heterocycles. The second-order valence-corrected chi connectivity index (χ2v) is 4.30. The lowest BCUT2D eigenvalue weighted by Gasteiger charge is -2.04. The quantitative estimate of drug-likeness (QED) is 0.508. The summed E-state index contributed by atoms with van der Waals surface area (Å²) in [7, 11) is 0. The highest BCUT2D eigenvalue weighted by molar-refractivity contribution is 6.65. The first-order valence-corrected chi connectivity index (χ1v) is 5.62. The fourth-order valence-corrected chi connectivity index (χ4v) is 1.16. The first kappa shape index (κ1) is 14.8. The van der Waals surface area contributed by atoms with E-state index in [0.29, 0.717) is 0 Å². The van der Waals surface area contributed by atoms with Crippen LogP contribution in [-0.4, -0.2) is 15.0 Å². The molecular formula is C10H11ClN4O4. The Morgan fingerprint density at radius 3 is 2.42 bits per heavy atom. The second-order valence-electron chi connectivity index (χ2n) is 3.92. The van der Waals surface area contributed by atoms with E-state index in [0.717, 1.165) is 12.1 Å². The molecule has 0 spiro atoms. The summed E-state index contributed by atoms with van der Waals surface area (Å²) in [5.74, 6) is -0.0359. The van der Waals surface area contributed by atoms with Gasteiger partial charge in [-0.25, -0.2) is 0 Å². The molecule has 0 saturated heterocycles. The van der Waals surface area contributed by atoms with Gasteiger partial charge in [-0.05, 0) is 6.07 Å². The highest BCUT2D eigenvalue weighted by Crippen LogP contribution is 2.29. The van der Waals surface area contributed by atoms with Crippen molar-refractivity contribution in [3.8, 4) is 0 Å². The minimum absolute atomic E-state index is 0.0359. The van der Waals surface area contributed by atoms with Gasteiger partial charge in [0.05, 0.1) is 15.9 Å². The largest absolute Gasteiger partial charge is 0.301 e. The number of anilines is 1. The summed E-state index contributed by atoms with van der Waals surface area (Å²) in [4.78, 5) is 20.0. The molecule has 0 unspecified atom stereocenters. The molecule has 19 heavy (non-hydrogen) atoms. The van der Waals surface area contributed by atoms with E-state index in [1.165, 1.54) is 6.07 Å². The van der Waals surface area contributed by atoms with Crippen molar-refractivity contribution in [1.82, 2.24) is 0 Å². The molecule has 102 valence electrons. The summed E-state index contributed by atoms with van der Waals surface area (Å²) in [5.41, 5.74) is 1.67. The van der Waals surface area contributed by atoms with E-state index in [1.807, 2.05) is 0 Å². The molecule has 8 nitrogen and oxygen atoms in total. The summed E-state index contributed by atoms with van der Waals surface area (Å²) >= 11 is 5.79. The number of nitrogens with one attached hydrogen (secondary N) is 1. The van der Waals surface area contributed by atoms with E-state index in [4.69, 9.17) is 11.6 Å². The number of nitro benzene ring substituents is 2. The number of nitro groups is 2. The molecule has 0 amide bonds. The maximum absolute atomic E-state index is 10.8. The minimum atomic E-state index is -0.728. The van der Waals surface area contributed by atoms with Crippen LogP contribution in [0.3, 0.4) is 0 Å². The van der Waals surface area contributed by atoms with Crippen LogP contribution >= 0.6 is 11.6 Å². The molecule has 1 aromatic carbocycles. The second kappa shape index (κ2) is 6.10. The van der Waals surface area contributed by atoms with Crippen molar-refractivity contribution < 1.29 is 9.85 Å². The molecular weight excluding hydrogens is 276 g/mol. The third-order valence-electron chi connectivity index (χ3n) is 2.15. The number of benzene rings is 1. The maximum atomic E-state index is 10.8. The molecule has 0 bridgehead atoms. The Morgan fingerprint density at radius 2 is 1.95 bits per heavy atom. The van der Waals surface area contributed by atoms with Crippen LogP contribution in [0, 0.1) is 26.1 Å². The van der Waals surface area contributed by atoms with Crippen LogP contribution in [-0.2, 0) is 0 Å². The van der Waals surface area contributed by atoms with E-state index in [9.17, 15) is 20.2 Å². The van der Waals surface area contributed by atoms with Crippen molar-refractivity contribution in [1.29, 1.82) is 0 Å². The lowest BCUT2D eigenvalue weighted by molar-refractivity contribution is -0.393. The van der Waals surface area contributed by atoms with Crippen molar-refractivity contribution in [2.24, 2.45) is 11.0 Å². The molecule has 0 saturated carbocycles. The SMILES string of the molecule is CC(C)/C(Cl)=N\Nc1ccc([N+](=O)[O-])cc1[N+](=O)[O-]. The summed E-state index contributed by atoms with van der Waals surface area (Å²) in [6, 6.07) is 3.22. The lowest BCUT2D eigenvalue weighted by Crippen LogP contribution is -2.04. The Morgan fingerprint density at radius 1 is 1.32 bits per heavy atom. The normalized spacial score (nSPS) is 11.5. The van der Waals surface area contributed by atoms with Gasteiger partial charge >= 0.3 is 5.69 Å². The number of hydrogen-bond donors (Lipinski definition) is 1. The number of hydrogen-bond acceptors (Lipinski definition) is 6. The fraction of sp³-hybridized carbons (Fsp3) is 0.300. The average Bonchev–Trinajstić information content (AvgIpc) is 2.35. The molecule has 0 aromatic heterocycles. The van der Waals surface area contributed by atoms with Gasteiger partial charge in [0, 0.05) is 12.0 Å². The van der Waals surface area contributed by atoms with Crippen LogP contribution in [0.1, 0.15) is 13.8 Å². The highest BCUT2D eigenvalue weighted by atomic mass is 35.5. The molecule has 0 aliphatic carbocycles. The molecule has 9 heteroatoms. The van der Waals surface area contributed by atoms with Gasteiger partial charge in [-0.3, -0.25) is 25.7 Å². The lowest BCUT2D eigenvalue weighted by atomic mass is 10.2. The Hall–Kier alpha value is -2.22. The molecule has 0 atom stereocenters. The maximum Gasteiger partial charge on any atom is 0.301 e. The number of halogens is 1. The van der Waals surface area contributed by atoms with Gasteiger partial charge in [-0.15, -0.1) is 0 Å². The van der Waals surface area contributed by atoms with Crippen LogP contribution < -0.4 is 5.43 Å². The van der Waals surface area contributed by atoms with E-state index >= 15 is 0 Å². The van der Waals surface area contributed by atoms with Crippen molar-refractivity contribution >= 4 is 33.8 Å². The zero-order valence-electron chi connectivity index (χ0n) is 10.2. The van der Waals surface area contributed by atoms with E-state index in [1.54, 1.807) is 13.8 Å². The van der Waals surface area contributed by atoms with Gasteiger partial charge in [-0.1, -0.05) is 25.4 Å². The Balaban J connectivity index is 3.11. The Kier molecular flexibility index (Phi) is 4.76. The zero-order valence-corrected chi connectivity index (χ0v) is 10.9. The smallest absolute Gasteiger partial charge is 0.271 e. The van der Waals surface area contributed by atoms with Gasteiger partial charge in [-0.2, -0.15) is 5.10 Å². The summed E-state index contributed by atoms with van der Waals surface area (Å²) in [5, 5.41) is 25.4. The molecule has 0 radical (unpaired) electrons. The molecule has 0 fully saturated rings. The standard InChI is InChI=1S/C10H11ClN4O4/c1-6(2)10(11)13-12-8-4-3-7(14(16)17)5-9(8)15(18)19/h3-6,12H,1-2H3/b13-10+. The van der Waals surface area contributed by atoms with Crippen molar-refractivity contribution in [2.45, 2.75) is 13.8 Å². The number of non-ortho nitro benzene ring substituents is 1. The van der Waals surface area contributed by atoms with Crippen LogP contribution in [0.2, 0.25) is 0 Å². The summed E-state index contributed by atoms with van der Waals surface area (Å²) in [6.07, 6.45) is 0. The monoisotopic (exact) mass is 286 g/mol. The highest BCUT2D eigenvalue weighted by Gasteiger charge is 2.19. The van der Waals surface area contributed by atoms with E-state index < -0.39 is 15.5 Å². The first-order chi connectivity index (χ1) is 8.82.